The molecule has 17 rings (SSSR count). The lowest BCUT2D eigenvalue weighted by Gasteiger charge is -2.30. The van der Waals surface area contributed by atoms with E-state index in [1.54, 1.807) is 0 Å². The summed E-state index contributed by atoms with van der Waals surface area (Å²) in [6, 6.07) is 81.0. The smallest absolute Gasteiger partial charge is 0.143 e. The van der Waals surface area contributed by atoms with Crippen molar-refractivity contribution in [2.24, 2.45) is 0 Å². The fraction of sp³-hybridized carbons (Fsp3) is 0.120. The summed E-state index contributed by atoms with van der Waals surface area (Å²) in [6.45, 7) is 14.5. The van der Waals surface area contributed by atoms with Crippen LogP contribution < -0.4 is 4.90 Å². The van der Waals surface area contributed by atoms with Gasteiger partial charge < -0.3 is 18.3 Å². The molecule has 3 aromatic heterocycles. The molecule has 0 radical (unpaired) electrons. The normalized spacial score (nSPS) is 15.0. The van der Waals surface area contributed by atoms with Crippen molar-refractivity contribution in [3.8, 4) is 50.2 Å². The van der Waals surface area contributed by atoms with Crippen molar-refractivity contribution in [1.82, 2.24) is 4.57 Å². The lowest BCUT2D eigenvalue weighted by molar-refractivity contribution is 0.651. The third-order valence-electron chi connectivity index (χ3n) is 18.8. The van der Waals surface area contributed by atoms with Gasteiger partial charge in [0.1, 0.15) is 22.3 Å². The summed E-state index contributed by atoms with van der Waals surface area (Å²) in [4.78, 5) is 2.52. The number of hydrogen-bond acceptors (Lipinski definition) is 3. The standard InChI is InChI=1S/C75H54N2O2/c1-73(2)57-34-36-67-70(51-24-14-17-27-65(51)78-67)69(57)56-42-60-54(41-61(56)73)48-32-29-46(38-58(48)74(60,3)4)76(45-31-35-64-55(37-45)49-23-13-16-26-63(49)77(64)44-21-11-8-12-22-44)47-30-33-50-59(39-47)75(5,6)62-40-53(43-19-9-7-10-20-43)72-71(68(50)62)52-25-15-18-28-66(52)79-72/h7-42H,1-6H3. The summed E-state index contributed by atoms with van der Waals surface area (Å²) in [6.07, 6.45) is 0. The van der Waals surface area contributed by atoms with E-state index in [1.807, 2.05) is 0 Å². The highest BCUT2D eigenvalue weighted by molar-refractivity contribution is 6.19. The van der Waals surface area contributed by atoms with Gasteiger partial charge in [0.2, 0.25) is 0 Å². The van der Waals surface area contributed by atoms with Gasteiger partial charge in [0.15, 0.2) is 0 Å². The number of hydrogen-bond donors (Lipinski definition) is 0. The number of rotatable bonds is 5. The number of fused-ring (bicyclic) bond motifs is 20. The van der Waals surface area contributed by atoms with Gasteiger partial charge in [-0.3, -0.25) is 0 Å². The Morgan fingerprint density at radius 1 is 0.329 bits per heavy atom. The molecule has 4 nitrogen and oxygen atoms in total. The Kier molecular flexibility index (Phi) is 8.73. The van der Waals surface area contributed by atoms with Crippen LogP contribution in [0.4, 0.5) is 17.1 Å². The molecule has 0 unspecified atom stereocenters. The Labute approximate surface area is 458 Å². The van der Waals surface area contributed by atoms with Crippen LogP contribution in [-0.4, -0.2) is 4.57 Å². The lowest BCUT2D eigenvalue weighted by Crippen LogP contribution is -2.18. The maximum Gasteiger partial charge on any atom is 0.143 e. The van der Waals surface area contributed by atoms with Gasteiger partial charge >= 0.3 is 0 Å². The van der Waals surface area contributed by atoms with E-state index in [1.165, 1.54) is 105 Å². The van der Waals surface area contributed by atoms with Crippen molar-refractivity contribution in [1.29, 1.82) is 0 Å². The molecule has 11 aromatic carbocycles. The highest BCUT2D eigenvalue weighted by atomic mass is 16.3. The van der Waals surface area contributed by atoms with E-state index in [0.29, 0.717) is 0 Å². The summed E-state index contributed by atoms with van der Waals surface area (Å²) in [5, 5.41) is 7.16. The van der Waals surface area contributed by atoms with E-state index < -0.39 is 0 Å². The first kappa shape index (κ1) is 44.7. The van der Waals surface area contributed by atoms with Crippen molar-refractivity contribution >= 4 is 82.7 Å². The minimum atomic E-state index is -0.335. The molecule has 3 heterocycles. The Morgan fingerprint density at radius 2 is 0.848 bits per heavy atom. The summed E-state index contributed by atoms with van der Waals surface area (Å²) >= 11 is 0. The predicted molar refractivity (Wildman–Crippen MR) is 328 cm³/mol. The summed E-state index contributed by atoms with van der Waals surface area (Å²) in [5.41, 5.74) is 27.8. The first-order valence-electron chi connectivity index (χ1n) is 27.8. The molecule has 14 aromatic rings. The van der Waals surface area contributed by atoms with Crippen LogP contribution in [0.1, 0.15) is 74.9 Å². The minimum Gasteiger partial charge on any atom is -0.456 e. The van der Waals surface area contributed by atoms with E-state index in [9.17, 15) is 0 Å². The highest BCUT2D eigenvalue weighted by Crippen LogP contribution is 2.60. The first-order chi connectivity index (χ1) is 38.4. The van der Waals surface area contributed by atoms with Crippen LogP contribution in [-0.2, 0) is 16.2 Å². The van der Waals surface area contributed by atoms with Crippen LogP contribution in [0.5, 0.6) is 0 Å². The minimum absolute atomic E-state index is 0.196. The fourth-order valence-corrected chi connectivity index (χ4v) is 14.9. The Balaban J connectivity index is 0.873. The van der Waals surface area contributed by atoms with Gasteiger partial charge in [0.25, 0.3) is 0 Å². The fourth-order valence-electron chi connectivity index (χ4n) is 14.9. The Hall–Kier alpha value is -9.38. The summed E-state index contributed by atoms with van der Waals surface area (Å²) in [7, 11) is 0. The number of furan rings is 2. The number of para-hydroxylation sites is 4. The second-order valence-electron chi connectivity index (χ2n) is 24.0. The zero-order chi connectivity index (χ0) is 52.8. The molecule has 376 valence electrons. The van der Waals surface area contributed by atoms with Crippen LogP contribution in [0.15, 0.2) is 227 Å². The molecule has 0 N–H and O–H groups in total. The van der Waals surface area contributed by atoms with Gasteiger partial charge in [0.05, 0.1) is 11.0 Å². The highest BCUT2D eigenvalue weighted by Gasteiger charge is 2.44. The van der Waals surface area contributed by atoms with E-state index in [0.717, 1.165) is 61.6 Å². The van der Waals surface area contributed by atoms with Crippen molar-refractivity contribution in [2.45, 2.75) is 57.8 Å². The van der Waals surface area contributed by atoms with E-state index >= 15 is 0 Å². The Bertz CT molecular complexity index is 4980. The number of nitrogens with zero attached hydrogens (tertiary/aromatic N) is 2. The quantitative estimate of drug-likeness (QED) is 0.172. The molecule has 0 bridgehead atoms. The van der Waals surface area contributed by atoms with Crippen LogP contribution in [0.3, 0.4) is 0 Å². The third kappa shape index (κ3) is 5.88. The predicted octanol–water partition coefficient (Wildman–Crippen LogP) is 20.6. The molecule has 0 aliphatic heterocycles. The van der Waals surface area contributed by atoms with E-state index in [4.69, 9.17) is 8.83 Å². The van der Waals surface area contributed by atoms with Gasteiger partial charge in [-0.2, -0.15) is 0 Å². The second-order valence-corrected chi connectivity index (χ2v) is 24.0. The maximum absolute atomic E-state index is 6.86. The summed E-state index contributed by atoms with van der Waals surface area (Å²) < 4.78 is 15.8. The molecule has 0 saturated carbocycles. The largest absolute Gasteiger partial charge is 0.456 e. The van der Waals surface area contributed by atoms with Crippen molar-refractivity contribution < 1.29 is 8.83 Å². The SMILES string of the molecule is CC1(C)c2cc(N(c3ccc4c(c3)C(C)(C)c3cc(-c5ccccc5)c5oc6ccccc6c5c3-4)c3ccc4c(c3)c3ccccc3n4-c3ccccc3)ccc2-c2cc3c(cc21)-c1c(ccc2oc4ccccc4c12)C3(C)C. The van der Waals surface area contributed by atoms with Gasteiger partial charge in [-0.25, -0.2) is 0 Å². The molecule has 4 heteroatoms. The molecular weight excluding hydrogens is 961 g/mol. The van der Waals surface area contributed by atoms with Crippen LogP contribution >= 0.6 is 0 Å². The molecule has 0 amide bonds. The van der Waals surface area contributed by atoms with Gasteiger partial charge in [-0.1, -0.05) is 163 Å². The van der Waals surface area contributed by atoms with Crippen molar-refractivity contribution in [3.63, 3.8) is 0 Å². The monoisotopic (exact) mass is 1010 g/mol. The number of aromatic nitrogens is 1. The topological polar surface area (TPSA) is 34.5 Å². The zero-order valence-electron chi connectivity index (χ0n) is 45.0. The van der Waals surface area contributed by atoms with Crippen LogP contribution in [0.2, 0.25) is 0 Å². The lowest BCUT2D eigenvalue weighted by atomic mass is 9.79. The van der Waals surface area contributed by atoms with Crippen molar-refractivity contribution in [3.05, 3.63) is 252 Å². The van der Waals surface area contributed by atoms with Gasteiger partial charge in [-0.15, -0.1) is 0 Å². The molecule has 0 atom stereocenters. The van der Waals surface area contributed by atoms with Crippen LogP contribution in [0.25, 0.3) is 116 Å². The van der Waals surface area contributed by atoms with E-state index in [-0.39, 0.29) is 16.2 Å². The van der Waals surface area contributed by atoms with Crippen molar-refractivity contribution in [2.75, 3.05) is 4.90 Å². The number of anilines is 3. The average molecular weight is 1020 g/mol. The first-order valence-corrected chi connectivity index (χ1v) is 27.8. The molecule has 0 fully saturated rings. The van der Waals surface area contributed by atoms with Gasteiger partial charge in [-0.05, 0) is 169 Å². The number of benzene rings is 11. The average Bonchev–Trinajstić information content (AvgIpc) is 4.48. The molecule has 0 spiro atoms. The summed E-state index contributed by atoms with van der Waals surface area (Å²) in [5.74, 6) is 0. The molecule has 3 aliphatic rings. The zero-order valence-corrected chi connectivity index (χ0v) is 45.0. The van der Waals surface area contributed by atoms with Gasteiger partial charge in [0, 0.05) is 76.9 Å². The van der Waals surface area contributed by atoms with Crippen LogP contribution in [0, 0.1) is 0 Å². The van der Waals surface area contributed by atoms with E-state index in [2.05, 4.69) is 269 Å². The third-order valence-corrected chi connectivity index (χ3v) is 18.8. The molecule has 3 aliphatic carbocycles. The molecule has 0 saturated heterocycles. The Morgan fingerprint density at radius 3 is 1.61 bits per heavy atom. The molecular formula is C75H54N2O2. The second kappa shape index (κ2) is 15.4. The maximum atomic E-state index is 6.86. The molecule has 79 heavy (non-hydrogen) atoms.